The maximum absolute atomic E-state index is 14.1. The molecular formula is C50H33N3O2S. The highest BCUT2D eigenvalue weighted by Crippen LogP contribution is 2.53. The SMILES string of the molecule is O=S1(=O)c2ccccc2C(c2ccccc2)(c2ccc(-c3cccc(-c4nc(-c5ccccc5)nc(-c5cccc6ccccc56)n4)c3)cc2)c2ccccc21. The highest BCUT2D eigenvalue weighted by molar-refractivity contribution is 7.91. The predicted octanol–water partition coefficient (Wildman–Crippen LogP) is 11.2. The molecule has 0 saturated carbocycles. The van der Waals surface area contributed by atoms with Crippen LogP contribution in [0.25, 0.3) is 56.1 Å². The van der Waals surface area contributed by atoms with Crippen molar-refractivity contribution < 1.29 is 8.42 Å². The maximum atomic E-state index is 14.1. The summed E-state index contributed by atoms with van der Waals surface area (Å²) in [6.07, 6.45) is 0. The summed E-state index contributed by atoms with van der Waals surface area (Å²) in [6, 6.07) is 66.3. The minimum atomic E-state index is -3.74. The van der Waals surface area contributed by atoms with Crippen LogP contribution in [0.2, 0.25) is 0 Å². The van der Waals surface area contributed by atoms with Gasteiger partial charge in [-0.1, -0.05) is 182 Å². The number of hydrogen-bond donors (Lipinski definition) is 0. The quantitative estimate of drug-likeness (QED) is 0.170. The predicted molar refractivity (Wildman–Crippen MR) is 223 cm³/mol. The van der Waals surface area contributed by atoms with E-state index in [0.29, 0.717) is 27.3 Å². The Morgan fingerprint density at radius 2 is 0.875 bits per heavy atom. The van der Waals surface area contributed by atoms with Gasteiger partial charge in [0.05, 0.1) is 15.2 Å². The Morgan fingerprint density at radius 1 is 0.375 bits per heavy atom. The molecule has 0 aliphatic carbocycles. The Kier molecular flexibility index (Phi) is 8.01. The summed E-state index contributed by atoms with van der Waals surface area (Å²) >= 11 is 0. The van der Waals surface area contributed by atoms with Gasteiger partial charge in [-0.05, 0) is 62.4 Å². The molecule has 0 atom stereocenters. The van der Waals surface area contributed by atoms with Gasteiger partial charge in [-0.25, -0.2) is 23.4 Å². The minimum Gasteiger partial charge on any atom is -0.218 e. The third-order valence-electron chi connectivity index (χ3n) is 10.8. The first kappa shape index (κ1) is 33.5. The number of aromatic nitrogens is 3. The largest absolute Gasteiger partial charge is 0.218 e. The molecule has 1 aliphatic heterocycles. The first-order valence-electron chi connectivity index (χ1n) is 18.5. The molecule has 9 aromatic rings. The van der Waals surface area contributed by atoms with Gasteiger partial charge in [0.1, 0.15) is 0 Å². The Balaban J connectivity index is 1.11. The summed E-state index contributed by atoms with van der Waals surface area (Å²) < 4.78 is 28.2. The molecule has 0 radical (unpaired) electrons. The summed E-state index contributed by atoms with van der Waals surface area (Å²) in [5.74, 6) is 1.80. The van der Waals surface area contributed by atoms with Gasteiger partial charge in [-0.3, -0.25) is 0 Å². The van der Waals surface area contributed by atoms with E-state index in [1.54, 1.807) is 24.3 Å². The standard InChI is InChI=1S/C50H33N3O2S/c54-56(55)45-27-11-9-25-43(45)50(39-21-5-2-6-22-39,44-26-10-12-28-46(44)56)40-31-29-34(30-32-40)37-19-13-20-38(33-37)48-51-47(36-16-3-1-4-17-36)52-49(53-48)42-24-14-18-35-15-7-8-23-41(35)42/h1-33H. The van der Waals surface area contributed by atoms with Crippen molar-refractivity contribution in [2.75, 3.05) is 0 Å². The third kappa shape index (κ3) is 5.37. The van der Waals surface area contributed by atoms with Crippen LogP contribution in [-0.4, -0.2) is 23.4 Å². The van der Waals surface area contributed by atoms with Crippen LogP contribution in [0.15, 0.2) is 210 Å². The van der Waals surface area contributed by atoms with Crippen LogP contribution < -0.4 is 0 Å². The Morgan fingerprint density at radius 3 is 1.59 bits per heavy atom. The van der Waals surface area contributed by atoms with Gasteiger partial charge in [-0.2, -0.15) is 0 Å². The molecule has 2 heterocycles. The second kappa shape index (κ2) is 13.4. The van der Waals surface area contributed by atoms with E-state index in [1.165, 1.54) is 0 Å². The summed E-state index contributed by atoms with van der Waals surface area (Å²) in [6.45, 7) is 0. The molecule has 1 aliphatic rings. The second-order valence-electron chi connectivity index (χ2n) is 14.0. The molecule has 8 aromatic carbocycles. The van der Waals surface area contributed by atoms with Crippen LogP contribution in [-0.2, 0) is 15.3 Å². The van der Waals surface area contributed by atoms with Crippen molar-refractivity contribution in [1.82, 2.24) is 15.0 Å². The fraction of sp³-hybridized carbons (Fsp3) is 0.0200. The summed E-state index contributed by atoms with van der Waals surface area (Å²) in [5.41, 5.74) is 7.33. The first-order valence-corrected chi connectivity index (χ1v) is 20.0. The van der Waals surface area contributed by atoms with Crippen molar-refractivity contribution in [1.29, 1.82) is 0 Å². The lowest BCUT2D eigenvalue weighted by Crippen LogP contribution is -2.37. The van der Waals surface area contributed by atoms with E-state index < -0.39 is 15.3 Å². The normalized spacial score (nSPS) is 13.8. The molecule has 1 aromatic heterocycles. The Labute approximate surface area is 325 Å². The Hall–Kier alpha value is -7.02. The molecule has 0 N–H and O–H groups in total. The van der Waals surface area contributed by atoms with Crippen LogP contribution in [0, 0.1) is 0 Å². The molecule has 0 amide bonds. The number of rotatable bonds is 6. The van der Waals surface area contributed by atoms with Gasteiger partial charge in [0.2, 0.25) is 9.84 Å². The van der Waals surface area contributed by atoms with Crippen molar-refractivity contribution in [3.63, 3.8) is 0 Å². The van der Waals surface area contributed by atoms with Crippen molar-refractivity contribution in [3.05, 3.63) is 222 Å². The molecule has 0 fully saturated rings. The molecule has 266 valence electrons. The van der Waals surface area contributed by atoms with E-state index in [9.17, 15) is 8.42 Å². The van der Waals surface area contributed by atoms with Gasteiger partial charge >= 0.3 is 0 Å². The van der Waals surface area contributed by atoms with Crippen molar-refractivity contribution in [3.8, 4) is 45.3 Å². The monoisotopic (exact) mass is 739 g/mol. The number of hydrogen-bond acceptors (Lipinski definition) is 5. The van der Waals surface area contributed by atoms with E-state index >= 15 is 0 Å². The molecule has 56 heavy (non-hydrogen) atoms. The molecule has 0 spiro atoms. The van der Waals surface area contributed by atoms with E-state index in [0.717, 1.165) is 60.8 Å². The van der Waals surface area contributed by atoms with Crippen LogP contribution in [0.3, 0.4) is 0 Å². The average molecular weight is 740 g/mol. The fourth-order valence-electron chi connectivity index (χ4n) is 8.27. The molecule has 0 saturated heterocycles. The summed E-state index contributed by atoms with van der Waals surface area (Å²) in [4.78, 5) is 15.8. The van der Waals surface area contributed by atoms with Crippen LogP contribution in [0.1, 0.15) is 22.3 Å². The molecule has 0 bridgehead atoms. The van der Waals surface area contributed by atoms with E-state index in [4.69, 9.17) is 15.0 Å². The second-order valence-corrected chi connectivity index (χ2v) is 15.9. The smallest absolute Gasteiger partial charge is 0.207 e. The molecule has 10 rings (SSSR count). The first-order chi connectivity index (χ1) is 27.5. The molecule has 0 unspecified atom stereocenters. The van der Waals surface area contributed by atoms with E-state index in [-0.39, 0.29) is 0 Å². The third-order valence-corrected chi connectivity index (χ3v) is 12.7. The lowest BCUT2D eigenvalue weighted by Gasteiger charge is -2.41. The zero-order valence-corrected chi connectivity index (χ0v) is 30.9. The zero-order valence-electron chi connectivity index (χ0n) is 30.1. The van der Waals surface area contributed by atoms with E-state index in [2.05, 4.69) is 72.8 Å². The summed E-state index contributed by atoms with van der Waals surface area (Å²) in [7, 11) is -3.74. The number of fused-ring (bicyclic) bond motifs is 3. The fourth-order valence-corrected chi connectivity index (χ4v) is 10.0. The van der Waals surface area contributed by atoms with E-state index in [1.807, 2.05) is 103 Å². The van der Waals surface area contributed by atoms with Crippen molar-refractivity contribution in [2.45, 2.75) is 15.2 Å². The Bertz CT molecular complexity index is 2980. The lowest BCUT2D eigenvalue weighted by molar-refractivity contribution is 0.579. The maximum Gasteiger partial charge on any atom is 0.207 e. The highest BCUT2D eigenvalue weighted by Gasteiger charge is 2.48. The van der Waals surface area contributed by atoms with Crippen LogP contribution in [0.5, 0.6) is 0 Å². The van der Waals surface area contributed by atoms with Gasteiger partial charge < -0.3 is 0 Å². The van der Waals surface area contributed by atoms with Gasteiger partial charge in [0.25, 0.3) is 0 Å². The minimum absolute atomic E-state index is 0.328. The molecular weight excluding hydrogens is 707 g/mol. The van der Waals surface area contributed by atoms with Crippen molar-refractivity contribution in [2.24, 2.45) is 0 Å². The number of sulfone groups is 1. The average Bonchev–Trinajstić information content (AvgIpc) is 3.27. The summed E-state index contributed by atoms with van der Waals surface area (Å²) in [5, 5.41) is 2.20. The van der Waals surface area contributed by atoms with Gasteiger partial charge in [0.15, 0.2) is 17.5 Å². The van der Waals surface area contributed by atoms with Crippen LogP contribution in [0.4, 0.5) is 0 Å². The van der Waals surface area contributed by atoms with Gasteiger partial charge in [-0.15, -0.1) is 0 Å². The van der Waals surface area contributed by atoms with Gasteiger partial charge in [0, 0.05) is 16.7 Å². The topological polar surface area (TPSA) is 72.8 Å². The van der Waals surface area contributed by atoms with Crippen LogP contribution >= 0.6 is 0 Å². The molecule has 5 nitrogen and oxygen atoms in total. The zero-order chi connectivity index (χ0) is 37.7. The lowest BCUT2D eigenvalue weighted by atomic mass is 9.64. The number of nitrogens with zero attached hydrogens (tertiary/aromatic N) is 3. The van der Waals surface area contributed by atoms with Crippen molar-refractivity contribution >= 4 is 20.6 Å². The number of benzene rings is 8. The molecule has 6 heteroatoms. The highest BCUT2D eigenvalue weighted by atomic mass is 32.2.